The lowest BCUT2D eigenvalue weighted by molar-refractivity contribution is -0.186. The minimum absolute atomic E-state index is 0.499. The minimum Gasteiger partial charge on any atom is -0.431 e. The standard InChI is InChI=1S/C10H20O4Si/c1-7-9(11)13-10(3,4)14-15(5,6)12-8-2/h7H,1,8H2,2-6H3. The van der Waals surface area contributed by atoms with Crippen molar-refractivity contribution in [1.29, 1.82) is 0 Å². The Morgan fingerprint density at radius 3 is 2.40 bits per heavy atom. The molecule has 0 aliphatic heterocycles. The maximum atomic E-state index is 11.0. The van der Waals surface area contributed by atoms with Crippen molar-refractivity contribution in [3.63, 3.8) is 0 Å². The molecule has 0 heterocycles. The van der Waals surface area contributed by atoms with Gasteiger partial charge in [-0.1, -0.05) is 6.58 Å². The first-order valence-corrected chi connectivity index (χ1v) is 7.73. The van der Waals surface area contributed by atoms with Gasteiger partial charge >= 0.3 is 14.5 Å². The van der Waals surface area contributed by atoms with Gasteiger partial charge < -0.3 is 13.6 Å². The molecule has 0 fully saturated rings. The maximum Gasteiger partial charge on any atom is 0.334 e. The number of ether oxygens (including phenoxy) is 1. The molecule has 0 spiro atoms. The topological polar surface area (TPSA) is 44.8 Å². The third-order valence-electron chi connectivity index (χ3n) is 1.50. The van der Waals surface area contributed by atoms with Crippen LogP contribution in [-0.4, -0.2) is 26.9 Å². The first kappa shape index (κ1) is 14.3. The summed E-state index contributed by atoms with van der Waals surface area (Å²) in [5.74, 6) is -1.47. The predicted octanol–water partition coefficient (Wildman–Crippen LogP) is 2.21. The van der Waals surface area contributed by atoms with Gasteiger partial charge in [0.25, 0.3) is 0 Å². The average Bonchev–Trinajstić information content (AvgIpc) is 2.00. The van der Waals surface area contributed by atoms with E-state index < -0.39 is 20.3 Å². The number of hydrogen-bond donors (Lipinski definition) is 0. The molecule has 0 amide bonds. The van der Waals surface area contributed by atoms with E-state index in [0.29, 0.717) is 6.61 Å². The van der Waals surface area contributed by atoms with Crippen LogP contribution in [0, 0.1) is 0 Å². The number of esters is 1. The van der Waals surface area contributed by atoms with Crippen LogP contribution in [0.15, 0.2) is 12.7 Å². The lowest BCUT2D eigenvalue weighted by Crippen LogP contribution is -2.45. The van der Waals surface area contributed by atoms with E-state index in [1.807, 2.05) is 20.0 Å². The molecule has 0 aromatic heterocycles. The molecule has 5 heteroatoms. The fourth-order valence-electron chi connectivity index (χ4n) is 1.27. The van der Waals surface area contributed by atoms with Crippen molar-refractivity contribution in [2.75, 3.05) is 6.61 Å². The summed E-state index contributed by atoms with van der Waals surface area (Å²) in [5, 5.41) is 0. The SMILES string of the molecule is C=CC(=O)OC(C)(C)O[Si](C)(C)OCC. The monoisotopic (exact) mass is 232 g/mol. The second kappa shape index (κ2) is 5.44. The Morgan fingerprint density at radius 2 is 2.00 bits per heavy atom. The molecule has 0 atom stereocenters. The maximum absolute atomic E-state index is 11.0. The van der Waals surface area contributed by atoms with Crippen molar-refractivity contribution >= 4 is 14.5 Å². The summed E-state index contributed by atoms with van der Waals surface area (Å²) in [6, 6.07) is 0. The number of hydrogen-bond acceptors (Lipinski definition) is 4. The summed E-state index contributed by atoms with van der Waals surface area (Å²) >= 11 is 0. The molecule has 0 aliphatic carbocycles. The lowest BCUT2D eigenvalue weighted by atomic mass is 10.4. The second-order valence-corrected chi connectivity index (χ2v) is 7.25. The van der Waals surface area contributed by atoms with Gasteiger partial charge in [0.05, 0.1) is 0 Å². The van der Waals surface area contributed by atoms with Crippen molar-refractivity contribution in [2.24, 2.45) is 0 Å². The highest BCUT2D eigenvalue weighted by Gasteiger charge is 2.35. The first-order chi connectivity index (χ1) is 6.72. The van der Waals surface area contributed by atoms with Gasteiger partial charge in [-0.3, -0.25) is 0 Å². The zero-order chi connectivity index (χ0) is 12.1. The third-order valence-corrected chi connectivity index (χ3v) is 3.46. The Kier molecular flexibility index (Phi) is 5.20. The highest BCUT2D eigenvalue weighted by atomic mass is 28.4. The number of carbonyl (C=O) groups excluding carboxylic acids is 1. The van der Waals surface area contributed by atoms with E-state index in [4.69, 9.17) is 13.6 Å². The zero-order valence-corrected chi connectivity index (χ0v) is 11.1. The van der Waals surface area contributed by atoms with Crippen LogP contribution in [0.5, 0.6) is 0 Å². The fourth-order valence-corrected chi connectivity index (χ4v) is 3.25. The highest BCUT2D eigenvalue weighted by molar-refractivity contribution is 6.64. The van der Waals surface area contributed by atoms with Gasteiger partial charge in [-0.05, 0) is 20.0 Å². The van der Waals surface area contributed by atoms with Crippen molar-refractivity contribution in [2.45, 2.75) is 39.7 Å². The molecule has 0 rings (SSSR count). The Labute approximate surface area is 92.5 Å². The Morgan fingerprint density at radius 1 is 1.47 bits per heavy atom. The van der Waals surface area contributed by atoms with E-state index in [2.05, 4.69) is 6.58 Å². The lowest BCUT2D eigenvalue weighted by Gasteiger charge is -2.33. The van der Waals surface area contributed by atoms with Crippen LogP contribution in [0.1, 0.15) is 20.8 Å². The van der Waals surface area contributed by atoms with Gasteiger partial charge in [0.15, 0.2) is 0 Å². The van der Waals surface area contributed by atoms with E-state index in [1.165, 1.54) is 0 Å². The molecule has 88 valence electrons. The minimum atomic E-state index is -2.23. The van der Waals surface area contributed by atoms with Crippen LogP contribution in [0.2, 0.25) is 13.1 Å². The molecule has 0 radical (unpaired) electrons. The zero-order valence-electron chi connectivity index (χ0n) is 10.1. The van der Waals surface area contributed by atoms with Gasteiger partial charge in [-0.2, -0.15) is 0 Å². The van der Waals surface area contributed by atoms with E-state index >= 15 is 0 Å². The fraction of sp³-hybridized carbons (Fsp3) is 0.700. The first-order valence-electron chi connectivity index (χ1n) is 4.92. The van der Waals surface area contributed by atoms with Crippen LogP contribution < -0.4 is 0 Å². The summed E-state index contributed by atoms with van der Waals surface area (Å²) in [6.07, 6.45) is 1.11. The molecule has 0 unspecified atom stereocenters. The average molecular weight is 232 g/mol. The van der Waals surface area contributed by atoms with E-state index in [-0.39, 0.29) is 0 Å². The predicted molar refractivity (Wildman–Crippen MR) is 60.6 cm³/mol. The van der Waals surface area contributed by atoms with Crippen molar-refractivity contribution in [3.05, 3.63) is 12.7 Å². The largest absolute Gasteiger partial charge is 0.431 e. The molecular weight excluding hydrogens is 212 g/mol. The van der Waals surface area contributed by atoms with Gasteiger partial charge in [0.2, 0.25) is 5.79 Å². The van der Waals surface area contributed by atoms with Crippen molar-refractivity contribution < 1.29 is 18.4 Å². The van der Waals surface area contributed by atoms with Gasteiger partial charge in [-0.15, -0.1) is 0 Å². The Balaban J connectivity index is 4.35. The molecule has 0 bridgehead atoms. The quantitative estimate of drug-likeness (QED) is 0.305. The molecule has 0 saturated heterocycles. The number of rotatable bonds is 6. The Bertz CT molecular complexity index is 236. The third kappa shape index (κ3) is 6.43. The summed E-state index contributed by atoms with van der Waals surface area (Å²) in [5.41, 5.74) is 0. The molecule has 0 N–H and O–H groups in total. The second-order valence-electron chi connectivity index (χ2n) is 3.96. The normalized spacial score (nSPS) is 12.3. The molecule has 0 aliphatic rings. The molecule has 15 heavy (non-hydrogen) atoms. The van der Waals surface area contributed by atoms with Gasteiger partial charge in [0.1, 0.15) is 0 Å². The highest BCUT2D eigenvalue weighted by Crippen LogP contribution is 2.19. The summed E-state index contributed by atoms with van der Waals surface area (Å²) < 4.78 is 16.2. The van der Waals surface area contributed by atoms with Crippen LogP contribution >= 0.6 is 0 Å². The smallest absolute Gasteiger partial charge is 0.334 e. The molecule has 0 aromatic rings. The van der Waals surface area contributed by atoms with Crippen LogP contribution in [0.3, 0.4) is 0 Å². The number of carbonyl (C=O) groups is 1. The van der Waals surface area contributed by atoms with Crippen molar-refractivity contribution in [1.82, 2.24) is 0 Å². The molecule has 0 saturated carbocycles. The summed E-state index contributed by atoms with van der Waals surface area (Å²) in [7, 11) is -2.23. The molecule has 0 aromatic carbocycles. The van der Waals surface area contributed by atoms with E-state index in [0.717, 1.165) is 6.08 Å². The van der Waals surface area contributed by atoms with Crippen LogP contribution in [0.25, 0.3) is 0 Å². The molecular formula is C10H20O4Si. The van der Waals surface area contributed by atoms with Crippen LogP contribution in [0.4, 0.5) is 0 Å². The summed E-state index contributed by atoms with van der Waals surface area (Å²) in [4.78, 5) is 11.0. The van der Waals surface area contributed by atoms with Crippen molar-refractivity contribution in [3.8, 4) is 0 Å². The Hall–Kier alpha value is -0.653. The van der Waals surface area contributed by atoms with Gasteiger partial charge in [0, 0.05) is 26.5 Å². The van der Waals surface area contributed by atoms with Gasteiger partial charge in [-0.25, -0.2) is 4.79 Å². The van der Waals surface area contributed by atoms with E-state index in [1.54, 1.807) is 13.8 Å². The van der Waals surface area contributed by atoms with Crippen LogP contribution in [-0.2, 0) is 18.4 Å². The summed E-state index contributed by atoms with van der Waals surface area (Å²) in [6.45, 7) is 13.0. The molecule has 4 nitrogen and oxygen atoms in total. The van der Waals surface area contributed by atoms with E-state index in [9.17, 15) is 4.79 Å².